The Kier molecular flexibility index (Phi) is 8.21. The number of ether oxygens (including phenoxy) is 1. The molecule has 0 aliphatic rings. The summed E-state index contributed by atoms with van der Waals surface area (Å²) in [6.45, 7) is -0.653. The van der Waals surface area contributed by atoms with Gasteiger partial charge in [-0.1, -0.05) is 115 Å². The Hall–Kier alpha value is -4.01. The zero-order valence-corrected chi connectivity index (χ0v) is 20.5. The summed E-state index contributed by atoms with van der Waals surface area (Å²) >= 11 is 0. The number of carbonyl (C=O) groups is 1. The number of carbonyl (C=O) groups excluding carboxylic acids is 1. The summed E-state index contributed by atoms with van der Waals surface area (Å²) in [6.07, 6.45) is 2.06. The van der Waals surface area contributed by atoms with Crippen LogP contribution in [0.1, 0.15) is 12.5 Å². The average molecular weight is 479 g/mol. The van der Waals surface area contributed by atoms with E-state index in [1.807, 2.05) is 121 Å². The topological polar surface area (TPSA) is 51.0 Å². The Balaban J connectivity index is 2.10. The molecule has 0 fully saturated rings. The Labute approximate surface area is 206 Å². The van der Waals surface area contributed by atoms with Gasteiger partial charge in [0.15, 0.2) is 5.42 Å². The van der Waals surface area contributed by atoms with Crippen LogP contribution in [-0.2, 0) is 9.53 Å². The van der Waals surface area contributed by atoms with E-state index in [-0.39, 0.29) is 6.61 Å². The predicted molar refractivity (Wildman–Crippen MR) is 147 cm³/mol. The van der Waals surface area contributed by atoms with Gasteiger partial charge in [0.2, 0.25) is 0 Å². The smallest absolute Gasteiger partial charge is 0.359 e. The van der Waals surface area contributed by atoms with Crippen molar-refractivity contribution in [1.82, 2.24) is 0 Å². The lowest BCUT2D eigenvalue weighted by Gasteiger charge is -2.26. The van der Waals surface area contributed by atoms with Gasteiger partial charge >= 0.3 is 5.97 Å². The third-order valence-electron chi connectivity index (χ3n) is 5.43. The predicted octanol–water partition coefficient (Wildman–Crippen LogP) is 6.80. The molecule has 0 saturated carbocycles. The zero-order chi connectivity index (χ0) is 24.3. The highest BCUT2D eigenvalue weighted by atomic mass is 31.2. The first-order chi connectivity index (χ1) is 17.2. The molecular weight excluding hydrogens is 451 g/mol. The van der Waals surface area contributed by atoms with Crippen LogP contribution in [0.5, 0.6) is 0 Å². The van der Waals surface area contributed by atoms with E-state index >= 15 is 0 Å². The molecule has 0 aliphatic carbocycles. The summed E-state index contributed by atoms with van der Waals surface area (Å²) in [4.78, 5) is 13.6. The number of azo groups is 1. The Morgan fingerprint density at radius 1 is 0.743 bits per heavy atom. The summed E-state index contributed by atoms with van der Waals surface area (Å²) < 4.78 is 5.56. The van der Waals surface area contributed by atoms with Crippen LogP contribution in [0.25, 0.3) is 6.08 Å². The fourth-order valence-corrected chi connectivity index (χ4v) is 7.27. The average Bonchev–Trinajstić information content (AvgIpc) is 2.93. The van der Waals surface area contributed by atoms with Gasteiger partial charge in [-0.05, 0) is 41.0 Å². The van der Waals surface area contributed by atoms with Crippen molar-refractivity contribution in [3.8, 4) is 0 Å². The van der Waals surface area contributed by atoms with Gasteiger partial charge in [-0.2, -0.15) is 5.11 Å². The molecule has 0 saturated heterocycles. The van der Waals surface area contributed by atoms with Crippen molar-refractivity contribution in [2.75, 3.05) is 6.61 Å². The van der Waals surface area contributed by atoms with E-state index in [9.17, 15) is 4.79 Å². The highest BCUT2D eigenvalue weighted by Gasteiger charge is 2.31. The number of esters is 1. The highest BCUT2D eigenvalue weighted by molar-refractivity contribution is 7.93. The van der Waals surface area contributed by atoms with Crippen molar-refractivity contribution in [3.63, 3.8) is 0 Å². The van der Waals surface area contributed by atoms with E-state index in [2.05, 4.69) is 22.1 Å². The Morgan fingerprint density at radius 2 is 1.23 bits per heavy atom. The van der Waals surface area contributed by atoms with E-state index in [0.717, 1.165) is 16.2 Å². The second-order valence-electron chi connectivity index (χ2n) is 7.70. The van der Waals surface area contributed by atoms with Crippen molar-refractivity contribution >= 4 is 40.6 Å². The number of hydrogen-bond acceptors (Lipinski definition) is 3. The largest absolute Gasteiger partial charge is 0.461 e. The molecule has 0 bridgehead atoms. The lowest BCUT2D eigenvalue weighted by molar-refractivity contribution is -0.134. The third kappa shape index (κ3) is 5.74. The molecule has 0 radical (unpaired) electrons. The maximum Gasteiger partial charge on any atom is 0.359 e. The standard InChI is InChI=1S/C30H27N2O2P/c1-2-34-30(33)29(32-31-26-17-9-4-10-18-26)35(27-19-11-5-12-20-27,28-21-13-6-14-22-28)24-23-25-15-7-3-8-16-25/h3-24H,2H2,1H3. The molecule has 4 aromatic carbocycles. The van der Waals surface area contributed by atoms with Crippen LogP contribution in [-0.4, -0.2) is 18.0 Å². The maximum absolute atomic E-state index is 13.6. The summed E-state index contributed by atoms with van der Waals surface area (Å²) in [7, 11) is 0. The summed E-state index contributed by atoms with van der Waals surface area (Å²) in [5, 5.41) is 11.1. The van der Waals surface area contributed by atoms with Crippen LogP contribution in [0.2, 0.25) is 0 Å². The van der Waals surface area contributed by atoms with Crippen LogP contribution in [0, 0.1) is 0 Å². The van der Waals surface area contributed by atoms with Crippen LogP contribution in [0.3, 0.4) is 0 Å². The van der Waals surface area contributed by atoms with E-state index in [1.54, 1.807) is 6.92 Å². The first-order valence-electron chi connectivity index (χ1n) is 11.5. The highest BCUT2D eigenvalue weighted by Crippen LogP contribution is 2.50. The SMILES string of the molecule is CCOC(=O)C(N=Nc1ccccc1)=P(C=Cc1ccccc1)(c1ccccc1)c1ccccc1. The number of hydrogen-bond donors (Lipinski definition) is 0. The molecule has 4 nitrogen and oxygen atoms in total. The fraction of sp³-hybridized carbons (Fsp3) is 0.0667. The Bertz CT molecular complexity index is 1310. The molecule has 0 aliphatic heterocycles. The number of benzene rings is 4. The van der Waals surface area contributed by atoms with Gasteiger partial charge in [-0.3, -0.25) is 0 Å². The second kappa shape index (κ2) is 11.9. The van der Waals surface area contributed by atoms with Crippen molar-refractivity contribution < 1.29 is 9.53 Å². The van der Waals surface area contributed by atoms with Crippen LogP contribution >= 0.6 is 6.89 Å². The normalized spacial score (nSPS) is 11.6. The van der Waals surface area contributed by atoms with Gasteiger partial charge in [0.1, 0.15) is 0 Å². The van der Waals surface area contributed by atoms with E-state index in [1.165, 1.54) is 0 Å². The minimum absolute atomic E-state index is 0.245. The quantitative estimate of drug-likeness (QED) is 0.159. The summed E-state index contributed by atoms with van der Waals surface area (Å²) in [6, 6.07) is 39.6. The molecule has 0 unspecified atom stereocenters. The molecule has 174 valence electrons. The summed E-state index contributed by atoms with van der Waals surface area (Å²) in [5.41, 5.74) is 2.00. The van der Waals surface area contributed by atoms with Gasteiger partial charge in [0, 0.05) is 6.89 Å². The first-order valence-corrected chi connectivity index (χ1v) is 13.4. The van der Waals surface area contributed by atoms with Crippen LogP contribution < -0.4 is 10.6 Å². The lowest BCUT2D eigenvalue weighted by atomic mass is 10.2. The van der Waals surface area contributed by atoms with E-state index in [0.29, 0.717) is 11.1 Å². The molecule has 4 aromatic rings. The minimum Gasteiger partial charge on any atom is -0.461 e. The molecule has 0 spiro atoms. The van der Waals surface area contributed by atoms with E-state index < -0.39 is 12.9 Å². The van der Waals surface area contributed by atoms with Crippen molar-refractivity contribution in [2.45, 2.75) is 6.92 Å². The lowest BCUT2D eigenvalue weighted by Crippen LogP contribution is -2.26. The molecule has 0 amide bonds. The zero-order valence-electron chi connectivity index (χ0n) is 19.6. The van der Waals surface area contributed by atoms with Crippen LogP contribution in [0.4, 0.5) is 5.69 Å². The number of rotatable bonds is 8. The Morgan fingerprint density at radius 3 is 1.74 bits per heavy atom. The van der Waals surface area contributed by atoms with Gasteiger partial charge in [0.25, 0.3) is 0 Å². The van der Waals surface area contributed by atoms with Crippen molar-refractivity contribution in [2.24, 2.45) is 10.2 Å². The molecule has 4 rings (SSSR count). The molecule has 5 heteroatoms. The molecule has 35 heavy (non-hydrogen) atoms. The maximum atomic E-state index is 13.6. The molecule has 0 N–H and O–H groups in total. The number of nitrogens with zero attached hydrogens (tertiary/aromatic N) is 2. The van der Waals surface area contributed by atoms with Gasteiger partial charge in [-0.15, -0.1) is 5.11 Å². The minimum atomic E-state index is -2.70. The monoisotopic (exact) mass is 478 g/mol. The van der Waals surface area contributed by atoms with Crippen molar-refractivity contribution in [3.05, 3.63) is 133 Å². The fourth-order valence-electron chi connectivity index (χ4n) is 3.78. The van der Waals surface area contributed by atoms with E-state index in [4.69, 9.17) is 4.74 Å². The summed E-state index contributed by atoms with van der Waals surface area (Å²) in [5.74, 6) is 1.66. The first kappa shape index (κ1) is 24.1. The van der Waals surface area contributed by atoms with Gasteiger partial charge in [0.05, 0.1) is 12.3 Å². The molecule has 0 atom stereocenters. The molecule has 0 aromatic heterocycles. The van der Waals surface area contributed by atoms with Crippen LogP contribution in [0.15, 0.2) is 137 Å². The molecule has 0 heterocycles. The van der Waals surface area contributed by atoms with Crippen molar-refractivity contribution in [1.29, 1.82) is 0 Å². The van der Waals surface area contributed by atoms with Gasteiger partial charge < -0.3 is 4.74 Å². The van der Waals surface area contributed by atoms with Gasteiger partial charge in [-0.25, -0.2) is 4.79 Å². The second-order valence-corrected chi connectivity index (χ2v) is 10.9. The third-order valence-corrected chi connectivity index (χ3v) is 9.19. The molecular formula is C30H27N2O2P.